The molecule has 0 atom stereocenters. The van der Waals surface area contributed by atoms with E-state index in [0.717, 1.165) is 22.4 Å². The fourth-order valence-electron chi connectivity index (χ4n) is 3.32. The topological polar surface area (TPSA) is 68.2 Å². The van der Waals surface area contributed by atoms with Crippen molar-refractivity contribution in [1.29, 1.82) is 0 Å². The van der Waals surface area contributed by atoms with Crippen molar-refractivity contribution in [2.75, 3.05) is 13.9 Å². The SMILES string of the molecule is COc1cc2c(cc1CN1Cc3cccc(C(=O)O)c3C1)OCO2. The van der Waals surface area contributed by atoms with Gasteiger partial charge in [-0.3, -0.25) is 4.90 Å². The number of carboxylic acid groups (broad SMARTS) is 1. The number of carbonyl (C=O) groups is 1. The summed E-state index contributed by atoms with van der Waals surface area (Å²) in [6.45, 7) is 2.19. The molecule has 2 aromatic rings. The minimum Gasteiger partial charge on any atom is -0.496 e. The van der Waals surface area contributed by atoms with Gasteiger partial charge in [-0.1, -0.05) is 12.1 Å². The third kappa shape index (κ3) is 2.45. The number of ether oxygens (including phenoxy) is 3. The molecule has 0 aliphatic carbocycles. The first-order valence-corrected chi connectivity index (χ1v) is 7.68. The smallest absolute Gasteiger partial charge is 0.336 e. The summed E-state index contributed by atoms with van der Waals surface area (Å²) in [6.07, 6.45) is 0. The third-order valence-electron chi connectivity index (χ3n) is 4.45. The molecule has 6 heteroatoms. The standard InChI is InChI=1S/C18H17NO5/c1-22-15-6-17-16(23-10-24-17)5-12(15)8-19-7-11-3-2-4-13(18(20)21)14(11)9-19/h2-6H,7-10H2,1H3,(H,20,21). The van der Waals surface area contributed by atoms with Gasteiger partial charge in [0.15, 0.2) is 11.5 Å². The van der Waals surface area contributed by atoms with Gasteiger partial charge < -0.3 is 19.3 Å². The van der Waals surface area contributed by atoms with E-state index in [1.54, 1.807) is 19.2 Å². The molecule has 4 rings (SSSR count). The summed E-state index contributed by atoms with van der Waals surface area (Å²) in [5, 5.41) is 9.34. The van der Waals surface area contributed by atoms with Crippen LogP contribution < -0.4 is 14.2 Å². The van der Waals surface area contributed by atoms with Gasteiger partial charge in [0.1, 0.15) is 5.75 Å². The van der Waals surface area contributed by atoms with Crippen molar-refractivity contribution in [1.82, 2.24) is 4.90 Å². The Hall–Kier alpha value is -2.73. The molecule has 0 bridgehead atoms. The monoisotopic (exact) mass is 327 g/mol. The van der Waals surface area contributed by atoms with E-state index in [1.165, 1.54) is 0 Å². The van der Waals surface area contributed by atoms with Crippen molar-refractivity contribution in [3.63, 3.8) is 0 Å². The number of hydrogen-bond acceptors (Lipinski definition) is 5. The van der Waals surface area contributed by atoms with Crippen LogP contribution in [-0.4, -0.2) is 29.9 Å². The molecule has 0 spiro atoms. The van der Waals surface area contributed by atoms with Crippen LogP contribution in [-0.2, 0) is 19.6 Å². The highest BCUT2D eigenvalue weighted by molar-refractivity contribution is 5.90. The summed E-state index contributed by atoms with van der Waals surface area (Å²) in [4.78, 5) is 13.6. The predicted molar refractivity (Wildman–Crippen MR) is 85.5 cm³/mol. The van der Waals surface area contributed by atoms with E-state index >= 15 is 0 Å². The number of aromatic carboxylic acids is 1. The van der Waals surface area contributed by atoms with Crippen molar-refractivity contribution in [2.24, 2.45) is 0 Å². The van der Waals surface area contributed by atoms with E-state index in [0.29, 0.717) is 36.7 Å². The Labute approximate surface area is 139 Å². The molecule has 2 heterocycles. The lowest BCUT2D eigenvalue weighted by atomic mass is 10.0. The number of rotatable bonds is 4. The summed E-state index contributed by atoms with van der Waals surface area (Å²) in [6, 6.07) is 9.21. The molecule has 124 valence electrons. The maximum atomic E-state index is 11.4. The fourth-order valence-corrected chi connectivity index (χ4v) is 3.32. The van der Waals surface area contributed by atoms with Crippen LogP contribution in [0.25, 0.3) is 0 Å². The number of benzene rings is 2. The lowest BCUT2D eigenvalue weighted by Gasteiger charge is -2.17. The first-order chi connectivity index (χ1) is 11.7. The molecule has 0 aromatic heterocycles. The van der Waals surface area contributed by atoms with Gasteiger partial charge in [0.2, 0.25) is 6.79 Å². The number of nitrogens with zero attached hydrogens (tertiary/aromatic N) is 1. The second kappa shape index (κ2) is 5.72. The normalized spacial score (nSPS) is 15.4. The molecule has 24 heavy (non-hydrogen) atoms. The zero-order chi connectivity index (χ0) is 16.7. The lowest BCUT2D eigenvalue weighted by molar-refractivity contribution is 0.0695. The lowest BCUT2D eigenvalue weighted by Crippen LogP contribution is -2.16. The molecule has 2 aliphatic rings. The van der Waals surface area contributed by atoms with E-state index in [4.69, 9.17) is 14.2 Å². The van der Waals surface area contributed by atoms with Crippen molar-refractivity contribution >= 4 is 5.97 Å². The van der Waals surface area contributed by atoms with Gasteiger partial charge in [-0.25, -0.2) is 4.79 Å². The van der Waals surface area contributed by atoms with Gasteiger partial charge in [0.05, 0.1) is 12.7 Å². The maximum Gasteiger partial charge on any atom is 0.336 e. The Morgan fingerprint density at radius 2 is 2.04 bits per heavy atom. The molecule has 2 aromatic carbocycles. The fraction of sp³-hybridized carbons (Fsp3) is 0.278. The molecule has 0 fully saturated rings. The molecule has 0 amide bonds. The van der Waals surface area contributed by atoms with Crippen molar-refractivity contribution in [3.8, 4) is 17.2 Å². The number of hydrogen-bond donors (Lipinski definition) is 1. The Bertz CT molecular complexity index is 817. The van der Waals surface area contributed by atoms with E-state index in [9.17, 15) is 9.90 Å². The zero-order valence-corrected chi connectivity index (χ0v) is 13.2. The van der Waals surface area contributed by atoms with Crippen LogP contribution in [0, 0.1) is 0 Å². The second-order valence-electron chi connectivity index (χ2n) is 5.91. The summed E-state index contributed by atoms with van der Waals surface area (Å²) < 4.78 is 16.3. The molecular weight excluding hydrogens is 310 g/mol. The van der Waals surface area contributed by atoms with Crippen LogP contribution in [0.3, 0.4) is 0 Å². The maximum absolute atomic E-state index is 11.4. The van der Waals surface area contributed by atoms with Crippen LogP contribution in [0.2, 0.25) is 0 Å². The molecule has 0 unspecified atom stereocenters. The molecule has 6 nitrogen and oxygen atoms in total. The zero-order valence-electron chi connectivity index (χ0n) is 13.2. The molecule has 0 saturated heterocycles. The highest BCUT2D eigenvalue weighted by Crippen LogP contribution is 2.39. The van der Waals surface area contributed by atoms with E-state index in [-0.39, 0.29) is 6.79 Å². The third-order valence-corrected chi connectivity index (χ3v) is 4.45. The Kier molecular flexibility index (Phi) is 3.54. The number of methoxy groups -OCH3 is 1. The Morgan fingerprint density at radius 1 is 1.25 bits per heavy atom. The molecule has 0 saturated carbocycles. The van der Waals surface area contributed by atoms with Crippen molar-refractivity contribution < 1.29 is 24.1 Å². The molecule has 1 N–H and O–H groups in total. The average Bonchev–Trinajstić information content (AvgIpc) is 3.18. The van der Waals surface area contributed by atoms with Crippen LogP contribution in [0.1, 0.15) is 27.0 Å². The van der Waals surface area contributed by atoms with Crippen LogP contribution in [0.5, 0.6) is 17.2 Å². The van der Waals surface area contributed by atoms with E-state index in [1.807, 2.05) is 18.2 Å². The average molecular weight is 327 g/mol. The Balaban J connectivity index is 1.60. The van der Waals surface area contributed by atoms with Gasteiger partial charge in [-0.15, -0.1) is 0 Å². The number of fused-ring (bicyclic) bond motifs is 2. The van der Waals surface area contributed by atoms with Crippen LogP contribution in [0.4, 0.5) is 0 Å². The largest absolute Gasteiger partial charge is 0.496 e. The molecular formula is C18H17NO5. The first-order valence-electron chi connectivity index (χ1n) is 7.68. The van der Waals surface area contributed by atoms with Crippen LogP contribution >= 0.6 is 0 Å². The second-order valence-corrected chi connectivity index (χ2v) is 5.91. The summed E-state index contributed by atoms with van der Waals surface area (Å²) in [5.74, 6) is 1.27. The predicted octanol–water partition coefficient (Wildman–Crippen LogP) is 2.64. The minimum atomic E-state index is -0.880. The minimum absolute atomic E-state index is 0.221. The Morgan fingerprint density at radius 3 is 2.79 bits per heavy atom. The summed E-state index contributed by atoms with van der Waals surface area (Å²) >= 11 is 0. The quantitative estimate of drug-likeness (QED) is 0.931. The molecule has 0 radical (unpaired) electrons. The van der Waals surface area contributed by atoms with Gasteiger partial charge in [-0.05, 0) is 23.3 Å². The van der Waals surface area contributed by atoms with Crippen molar-refractivity contribution in [3.05, 3.63) is 52.6 Å². The first kappa shape index (κ1) is 14.8. The highest BCUT2D eigenvalue weighted by atomic mass is 16.7. The highest BCUT2D eigenvalue weighted by Gasteiger charge is 2.26. The van der Waals surface area contributed by atoms with Gasteiger partial charge in [0, 0.05) is 31.3 Å². The van der Waals surface area contributed by atoms with Gasteiger partial charge in [-0.2, -0.15) is 0 Å². The van der Waals surface area contributed by atoms with Crippen LogP contribution in [0.15, 0.2) is 30.3 Å². The summed E-state index contributed by atoms with van der Waals surface area (Å²) in [5.41, 5.74) is 3.33. The van der Waals surface area contributed by atoms with Gasteiger partial charge >= 0.3 is 5.97 Å². The number of carboxylic acids is 1. The van der Waals surface area contributed by atoms with E-state index < -0.39 is 5.97 Å². The van der Waals surface area contributed by atoms with Crippen molar-refractivity contribution in [2.45, 2.75) is 19.6 Å². The summed E-state index contributed by atoms with van der Waals surface area (Å²) in [7, 11) is 1.63. The van der Waals surface area contributed by atoms with Gasteiger partial charge in [0.25, 0.3) is 0 Å². The van der Waals surface area contributed by atoms with E-state index in [2.05, 4.69) is 4.90 Å². The molecule has 2 aliphatic heterocycles.